The van der Waals surface area contributed by atoms with Crippen LogP contribution < -0.4 is 4.74 Å². The van der Waals surface area contributed by atoms with Crippen molar-refractivity contribution in [2.75, 3.05) is 26.3 Å². The van der Waals surface area contributed by atoms with E-state index in [9.17, 15) is 9.59 Å². The second-order valence-electron chi connectivity index (χ2n) is 5.61. The largest absolute Gasteiger partial charge is 0.482 e. The van der Waals surface area contributed by atoms with Crippen molar-refractivity contribution in [1.29, 1.82) is 0 Å². The van der Waals surface area contributed by atoms with Crippen molar-refractivity contribution in [3.05, 3.63) is 29.8 Å². The van der Waals surface area contributed by atoms with Gasteiger partial charge in [-0.05, 0) is 24.1 Å². The van der Waals surface area contributed by atoms with Crippen molar-refractivity contribution in [3.8, 4) is 5.75 Å². The van der Waals surface area contributed by atoms with E-state index in [4.69, 9.17) is 14.6 Å². The lowest BCUT2D eigenvalue weighted by atomic mass is 10.0. The second-order valence-corrected chi connectivity index (χ2v) is 5.61. The molecule has 22 heavy (non-hydrogen) atoms. The molecule has 6 heteroatoms. The van der Waals surface area contributed by atoms with E-state index in [1.165, 1.54) is 0 Å². The van der Waals surface area contributed by atoms with Gasteiger partial charge in [-0.25, -0.2) is 4.79 Å². The van der Waals surface area contributed by atoms with Gasteiger partial charge < -0.3 is 19.5 Å². The summed E-state index contributed by atoms with van der Waals surface area (Å²) in [6.07, 6.45) is 0.0455. The average molecular weight is 307 g/mol. The van der Waals surface area contributed by atoms with Crippen LogP contribution in [0.2, 0.25) is 0 Å². The summed E-state index contributed by atoms with van der Waals surface area (Å²) in [7, 11) is 0. The summed E-state index contributed by atoms with van der Waals surface area (Å²) in [6.45, 7) is 5.37. The molecule has 1 saturated heterocycles. The maximum absolute atomic E-state index is 12.6. The Kier molecular flexibility index (Phi) is 5.38. The van der Waals surface area contributed by atoms with Crippen molar-refractivity contribution < 1.29 is 24.2 Å². The molecule has 1 aliphatic rings. The summed E-state index contributed by atoms with van der Waals surface area (Å²) in [5, 5.41) is 8.62. The van der Waals surface area contributed by atoms with E-state index < -0.39 is 12.6 Å². The fourth-order valence-electron chi connectivity index (χ4n) is 2.31. The third kappa shape index (κ3) is 4.21. The summed E-state index contributed by atoms with van der Waals surface area (Å²) >= 11 is 0. The number of carboxylic acids is 1. The molecule has 1 unspecified atom stereocenters. The van der Waals surface area contributed by atoms with Gasteiger partial charge in [0.05, 0.1) is 12.7 Å². The van der Waals surface area contributed by atoms with Gasteiger partial charge in [-0.3, -0.25) is 4.79 Å². The lowest BCUT2D eigenvalue weighted by molar-refractivity contribution is -0.139. The molecule has 2 rings (SSSR count). The number of hydrogen-bond donors (Lipinski definition) is 1. The van der Waals surface area contributed by atoms with E-state index in [0.717, 1.165) is 0 Å². The summed E-state index contributed by atoms with van der Waals surface area (Å²) in [6, 6.07) is 6.60. The van der Waals surface area contributed by atoms with Crippen LogP contribution in [0.5, 0.6) is 5.75 Å². The van der Waals surface area contributed by atoms with Crippen molar-refractivity contribution in [3.63, 3.8) is 0 Å². The van der Waals surface area contributed by atoms with Gasteiger partial charge in [-0.15, -0.1) is 0 Å². The van der Waals surface area contributed by atoms with Gasteiger partial charge in [0, 0.05) is 18.7 Å². The van der Waals surface area contributed by atoms with E-state index in [0.29, 0.717) is 36.9 Å². The van der Waals surface area contributed by atoms with Gasteiger partial charge in [0.25, 0.3) is 5.91 Å². The molecule has 1 amide bonds. The van der Waals surface area contributed by atoms with Gasteiger partial charge in [-0.1, -0.05) is 19.9 Å². The normalized spacial score (nSPS) is 18.3. The van der Waals surface area contributed by atoms with Gasteiger partial charge in [0.15, 0.2) is 6.61 Å². The minimum absolute atomic E-state index is 0.0455. The molecule has 0 aromatic heterocycles. The number of hydrogen-bond acceptors (Lipinski definition) is 4. The van der Waals surface area contributed by atoms with Crippen LogP contribution in [-0.4, -0.2) is 54.3 Å². The van der Waals surface area contributed by atoms with Crippen LogP contribution in [0.3, 0.4) is 0 Å². The molecule has 1 aromatic rings. The molecular formula is C16H21NO5. The maximum Gasteiger partial charge on any atom is 0.341 e. The number of amides is 1. The van der Waals surface area contributed by atoms with Crippen LogP contribution in [0, 0.1) is 5.92 Å². The van der Waals surface area contributed by atoms with E-state index in [1.807, 2.05) is 0 Å². The highest BCUT2D eigenvalue weighted by Crippen LogP contribution is 2.18. The number of carboxylic acid groups (broad SMARTS) is 1. The predicted molar refractivity (Wildman–Crippen MR) is 80.1 cm³/mol. The molecule has 1 atom stereocenters. The number of benzene rings is 1. The fourth-order valence-corrected chi connectivity index (χ4v) is 2.31. The van der Waals surface area contributed by atoms with Crippen molar-refractivity contribution in [1.82, 2.24) is 4.90 Å². The van der Waals surface area contributed by atoms with Crippen LogP contribution in [0.15, 0.2) is 24.3 Å². The maximum atomic E-state index is 12.6. The molecule has 6 nitrogen and oxygen atoms in total. The van der Waals surface area contributed by atoms with Gasteiger partial charge in [-0.2, -0.15) is 0 Å². The fraction of sp³-hybridized carbons (Fsp3) is 0.500. The second kappa shape index (κ2) is 7.26. The Hall–Kier alpha value is -2.08. The number of rotatable bonds is 5. The molecule has 1 aromatic carbocycles. The zero-order valence-electron chi connectivity index (χ0n) is 12.8. The third-order valence-electron chi connectivity index (χ3n) is 3.57. The van der Waals surface area contributed by atoms with E-state index in [1.54, 1.807) is 29.2 Å². The van der Waals surface area contributed by atoms with E-state index in [2.05, 4.69) is 13.8 Å². The first-order valence-corrected chi connectivity index (χ1v) is 7.33. The highest BCUT2D eigenvalue weighted by Gasteiger charge is 2.27. The summed E-state index contributed by atoms with van der Waals surface area (Å²) in [4.78, 5) is 24.8. The Morgan fingerprint density at radius 3 is 2.91 bits per heavy atom. The van der Waals surface area contributed by atoms with Crippen molar-refractivity contribution in [2.45, 2.75) is 20.0 Å². The van der Waals surface area contributed by atoms with Crippen LogP contribution in [0.1, 0.15) is 24.2 Å². The number of carbonyl (C=O) groups excluding carboxylic acids is 1. The van der Waals surface area contributed by atoms with E-state index in [-0.39, 0.29) is 12.0 Å². The quantitative estimate of drug-likeness (QED) is 0.895. The first kappa shape index (κ1) is 16.3. The number of nitrogens with zero attached hydrogens (tertiary/aromatic N) is 1. The molecule has 0 bridgehead atoms. The number of morpholine rings is 1. The molecule has 1 aliphatic heterocycles. The number of aliphatic carboxylic acids is 1. The Balaban J connectivity index is 2.05. The van der Waals surface area contributed by atoms with Crippen molar-refractivity contribution in [2.24, 2.45) is 5.92 Å². The van der Waals surface area contributed by atoms with Gasteiger partial charge >= 0.3 is 5.97 Å². The Labute approximate surface area is 129 Å². The Bertz CT molecular complexity index is 543. The van der Waals surface area contributed by atoms with Crippen molar-refractivity contribution >= 4 is 11.9 Å². The molecule has 0 aliphatic carbocycles. The highest BCUT2D eigenvalue weighted by atomic mass is 16.5. The predicted octanol–water partition coefficient (Wildman–Crippen LogP) is 1.65. The van der Waals surface area contributed by atoms with Gasteiger partial charge in [0.2, 0.25) is 0 Å². The number of ether oxygens (including phenoxy) is 2. The van der Waals surface area contributed by atoms with Crippen LogP contribution in [-0.2, 0) is 9.53 Å². The molecular weight excluding hydrogens is 286 g/mol. The molecule has 0 saturated carbocycles. The summed E-state index contributed by atoms with van der Waals surface area (Å²) < 4.78 is 10.8. The Morgan fingerprint density at radius 2 is 2.23 bits per heavy atom. The van der Waals surface area contributed by atoms with Gasteiger partial charge in [0.1, 0.15) is 5.75 Å². The zero-order valence-corrected chi connectivity index (χ0v) is 12.8. The SMILES string of the molecule is CC(C)C1CN(C(=O)c2cccc(OCC(=O)O)c2)CCO1. The molecule has 1 fully saturated rings. The summed E-state index contributed by atoms with van der Waals surface area (Å²) in [5.41, 5.74) is 0.493. The first-order chi connectivity index (χ1) is 10.5. The lowest BCUT2D eigenvalue weighted by Crippen LogP contribution is -2.47. The smallest absolute Gasteiger partial charge is 0.341 e. The summed E-state index contributed by atoms with van der Waals surface area (Å²) in [5.74, 6) is -0.415. The minimum atomic E-state index is -1.05. The lowest BCUT2D eigenvalue weighted by Gasteiger charge is -2.35. The third-order valence-corrected chi connectivity index (χ3v) is 3.57. The Morgan fingerprint density at radius 1 is 1.45 bits per heavy atom. The number of carbonyl (C=O) groups is 2. The first-order valence-electron chi connectivity index (χ1n) is 7.33. The average Bonchev–Trinajstić information content (AvgIpc) is 2.52. The molecule has 0 spiro atoms. The van der Waals surface area contributed by atoms with Crippen LogP contribution in [0.4, 0.5) is 0 Å². The highest BCUT2D eigenvalue weighted by molar-refractivity contribution is 5.94. The van der Waals surface area contributed by atoms with E-state index >= 15 is 0 Å². The monoisotopic (exact) mass is 307 g/mol. The molecule has 1 N–H and O–H groups in total. The molecule has 120 valence electrons. The molecule has 0 radical (unpaired) electrons. The van der Waals surface area contributed by atoms with Crippen LogP contribution >= 0.6 is 0 Å². The zero-order chi connectivity index (χ0) is 16.1. The van der Waals surface area contributed by atoms with Crippen LogP contribution in [0.25, 0.3) is 0 Å². The standard InChI is InChI=1S/C16H21NO5/c1-11(2)14-9-17(6-7-21-14)16(20)12-4-3-5-13(8-12)22-10-15(18)19/h3-5,8,11,14H,6-7,9-10H2,1-2H3,(H,18,19). The molecule has 1 heterocycles. The minimum Gasteiger partial charge on any atom is -0.482 e. The topological polar surface area (TPSA) is 76.1 Å².